The van der Waals surface area contributed by atoms with Gasteiger partial charge < -0.3 is 9.84 Å². The van der Waals surface area contributed by atoms with Gasteiger partial charge >= 0.3 is 5.97 Å². The summed E-state index contributed by atoms with van der Waals surface area (Å²) in [5, 5.41) is 8.89. The minimum Gasteiger partial charge on any atom is -0.496 e. The van der Waals surface area contributed by atoms with Gasteiger partial charge in [0, 0.05) is 5.56 Å². The van der Waals surface area contributed by atoms with E-state index in [1.54, 1.807) is 13.0 Å². The molecule has 0 spiro atoms. The van der Waals surface area contributed by atoms with Gasteiger partial charge in [-0.3, -0.25) is 4.79 Å². The Morgan fingerprint density at radius 2 is 2.14 bits per heavy atom. The van der Waals surface area contributed by atoms with Gasteiger partial charge in [0.05, 0.1) is 7.11 Å². The summed E-state index contributed by atoms with van der Waals surface area (Å²) >= 11 is 0. The lowest BCUT2D eigenvalue weighted by Crippen LogP contribution is -2.06. The van der Waals surface area contributed by atoms with E-state index in [9.17, 15) is 9.59 Å². The third-order valence-electron chi connectivity index (χ3n) is 1.93. The number of carbonyl (C=O) groups is 2. The van der Waals surface area contributed by atoms with Crippen LogP contribution in [0, 0.1) is 6.92 Å². The largest absolute Gasteiger partial charge is 0.496 e. The van der Waals surface area contributed by atoms with Gasteiger partial charge in [0.25, 0.3) is 0 Å². The fraction of sp³-hybridized carbons (Fsp3) is 0.200. The molecule has 0 aromatic heterocycles. The highest BCUT2D eigenvalue weighted by molar-refractivity contribution is 6.00. The lowest BCUT2D eigenvalue weighted by atomic mass is 10.0. The Kier molecular flexibility index (Phi) is 2.86. The Bertz CT molecular complexity index is 382. The molecule has 0 aliphatic carbocycles. The molecular weight excluding hydrogens is 184 g/mol. The predicted octanol–water partition coefficient (Wildman–Crippen LogP) is 1.51. The van der Waals surface area contributed by atoms with Crippen molar-refractivity contribution in [1.82, 2.24) is 0 Å². The van der Waals surface area contributed by atoms with Gasteiger partial charge in [-0.25, -0.2) is 4.79 Å². The molecule has 0 fully saturated rings. The molecule has 0 unspecified atom stereocenters. The number of carboxylic acids is 1. The first-order valence-corrected chi connectivity index (χ1v) is 3.98. The van der Waals surface area contributed by atoms with Crippen LogP contribution in [0.25, 0.3) is 0 Å². The summed E-state index contributed by atoms with van der Waals surface area (Å²) in [5.41, 5.74) is 0.734. The number of hydrogen-bond acceptors (Lipinski definition) is 3. The Morgan fingerprint density at radius 1 is 1.50 bits per heavy atom. The number of rotatable bonds is 3. The second kappa shape index (κ2) is 3.91. The van der Waals surface area contributed by atoms with Crippen LogP contribution in [0.3, 0.4) is 0 Å². The van der Waals surface area contributed by atoms with Gasteiger partial charge in [0.1, 0.15) is 11.3 Å². The number of ether oxygens (including phenoxy) is 1. The maximum atomic E-state index is 10.9. The molecule has 4 nitrogen and oxygen atoms in total. The lowest BCUT2D eigenvalue weighted by Gasteiger charge is -2.09. The van der Waals surface area contributed by atoms with E-state index in [1.807, 2.05) is 0 Å². The highest BCUT2D eigenvalue weighted by atomic mass is 16.5. The third-order valence-corrected chi connectivity index (χ3v) is 1.93. The molecule has 0 amide bonds. The molecule has 0 radical (unpaired) electrons. The first-order chi connectivity index (χ1) is 6.61. The van der Waals surface area contributed by atoms with Crippen LogP contribution in [0.2, 0.25) is 0 Å². The molecule has 0 atom stereocenters. The molecule has 4 heteroatoms. The summed E-state index contributed by atoms with van der Waals surface area (Å²) < 4.78 is 4.94. The van der Waals surface area contributed by atoms with Crippen molar-refractivity contribution in [2.45, 2.75) is 6.92 Å². The van der Waals surface area contributed by atoms with E-state index in [1.165, 1.54) is 13.2 Å². The van der Waals surface area contributed by atoms with E-state index in [0.29, 0.717) is 11.8 Å². The van der Waals surface area contributed by atoms with Crippen LogP contribution in [-0.4, -0.2) is 24.5 Å². The van der Waals surface area contributed by atoms with E-state index in [-0.39, 0.29) is 16.9 Å². The van der Waals surface area contributed by atoms with E-state index < -0.39 is 5.97 Å². The average molecular weight is 194 g/mol. The molecule has 1 aromatic rings. The van der Waals surface area contributed by atoms with Crippen molar-refractivity contribution >= 4 is 12.3 Å². The summed E-state index contributed by atoms with van der Waals surface area (Å²) in [6.07, 6.45) is 0.505. The summed E-state index contributed by atoms with van der Waals surface area (Å²) in [4.78, 5) is 21.5. The van der Waals surface area contributed by atoms with E-state index >= 15 is 0 Å². The highest BCUT2D eigenvalue weighted by Crippen LogP contribution is 2.25. The van der Waals surface area contributed by atoms with Crippen molar-refractivity contribution in [3.63, 3.8) is 0 Å². The molecule has 1 aromatic carbocycles. The van der Waals surface area contributed by atoms with Gasteiger partial charge in [-0.05, 0) is 12.5 Å². The van der Waals surface area contributed by atoms with Crippen LogP contribution in [-0.2, 0) is 0 Å². The quantitative estimate of drug-likeness (QED) is 0.741. The molecule has 0 saturated carbocycles. The highest BCUT2D eigenvalue weighted by Gasteiger charge is 2.17. The number of hydrogen-bond donors (Lipinski definition) is 1. The number of carbonyl (C=O) groups excluding carboxylic acids is 1. The van der Waals surface area contributed by atoms with Crippen molar-refractivity contribution in [1.29, 1.82) is 0 Å². The molecule has 0 saturated heterocycles. The van der Waals surface area contributed by atoms with Gasteiger partial charge in [0.2, 0.25) is 0 Å². The van der Waals surface area contributed by atoms with Crippen LogP contribution in [0.4, 0.5) is 0 Å². The monoisotopic (exact) mass is 194 g/mol. The first-order valence-electron chi connectivity index (χ1n) is 3.98. The summed E-state index contributed by atoms with van der Waals surface area (Å²) in [6, 6.07) is 3.11. The number of carboxylic acid groups (broad SMARTS) is 1. The standard InChI is InChI=1S/C10H10O4/c1-6-3-4-7(5-11)8(10(12)13)9(6)14-2/h3-5H,1-2H3,(H,12,13). The van der Waals surface area contributed by atoms with Gasteiger partial charge in [-0.2, -0.15) is 0 Å². The molecule has 0 bridgehead atoms. The molecule has 0 aliphatic heterocycles. The second-order valence-corrected chi connectivity index (χ2v) is 2.80. The Labute approximate surface area is 81.1 Å². The number of methoxy groups -OCH3 is 1. The number of aromatic carboxylic acids is 1. The first kappa shape index (κ1) is 10.2. The van der Waals surface area contributed by atoms with Crippen molar-refractivity contribution in [2.75, 3.05) is 7.11 Å². The van der Waals surface area contributed by atoms with Gasteiger partial charge in [-0.15, -0.1) is 0 Å². The van der Waals surface area contributed by atoms with E-state index in [4.69, 9.17) is 9.84 Å². The normalized spacial score (nSPS) is 9.57. The Hall–Kier alpha value is -1.84. The maximum absolute atomic E-state index is 10.9. The lowest BCUT2D eigenvalue weighted by molar-refractivity contribution is 0.0690. The molecule has 14 heavy (non-hydrogen) atoms. The number of benzene rings is 1. The Morgan fingerprint density at radius 3 is 2.57 bits per heavy atom. The van der Waals surface area contributed by atoms with E-state index in [2.05, 4.69) is 0 Å². The minimum atomic E-state index is -1.16. The number of aldehydes is 1. The second-order valence-electron chi connectivity index (χ2n) is 2.80. The molecule has 1 N–H and O–H groups in total. The fourth-order valence-electron chi connectivity index (χ4n) is 1.28. The van der Waals surface area contributed by atoms with Gasteiger partial charge in [-0.1, -0.05) is 12.1 Å². The summed E-state index contributed by atoms with van der Waals surface area (Å²) in [5.74, 6) is -0.922. The fourth-order valence-corrected chi connectivity index (χ4v) is 1.28. The molecule has 1 rings (SSSR count). The van der Waals surface area contributed by atoms with Crippen LogP contribution < -0.4 is 4.74 Å². The van der Waals surface area contributed by atoms with Crippen molar-refractivity contribution < 1.29 is 19.4 Å². The predicted molar refractivity (Wildman–Crippen MR) is 50.1 cm³/mol. The summed E-state index contributed by atoms with van der Waals surface area (Å²) in [6.45, 7) is 1.72. The van der Waals surface area contributed by atoms with Crippen molar-refractivity contribution in [3.8, 4) is 5.75 Å². The van der Waals surface area contributed by atoms with Crippen molar-refractivity contribution in [3.05, 3.63) is 28.8 Å². The van der Waals surface area contributed by atoms with Crippen LogP contribution in [0.1, 0.15) is 26.3 Å². The zero-order chi connectivity index (χ0) is 10.7. The van der Waals surface area contributed by atoms with Crippen LogP contribution in [0.15, 0.2) is 12.1 Å². The van der Waals surface area contributed by atoms with Crippen LogP contribution >= 0.6 is 0 Å². The zero-order valence-electron chi connectivity index (χ0n) is 7.90. The Balaban J connectivity index is 3.51. The third kappa shape index (κ3) is 1.59. The molecule has 0 aliphatic rings. The topological polar surface area (TPSA) is 63.6 Å². The van der Waals surface area contributed by atoms with Crippen molar-refractivity contribution in [2.24, 2.45) is 0 Å². The molecule has 0 heterocycles. The zero-order valence-corrected chi connectivity index (χ0v) is 7.90. The number of aryl methyl sites for hydroxylation is 1. The average Bonchev–Trinajstić information content (AvgIpc) is 2.17. The summed E-state index contributed by atoms with van der Waals surface area (Å²) in [7, 11) is 1.38. The SMILES string of the molecule is COc1c(C)ccc(C=O)c1C(=O)O. The molecule has 74 valence electrons. The van der Waals surface area contributed by atoms with Crippen LogP contribution in [0.5, 0.6) is 5.75 Å². The smallest absolute Gasteiger partial charge is 0.340 e. The minimum absolute atomic E-state index is 0.0810. The van der Waals surface area contributed by atoms with Gasteiger partial charge in [0.15, 0.2) is 6.29 Å². The maximum Gasteiger partial charge on any atom is 0.340 e. The molecular formula is C10H10O4. The van der Waals surface area contributed by atoms with E-state index in [0.717, 1.165) is 0 Å².